The monoisotopic (exact) mass is 256 g/mol. The van der Waals surface area contributed by atoms with Crippen LogP contribution in [0.15, 0.2) is 0 Å². The van der Waals surface area contributed by atoms with Gasteiger partial charge in [-0.25, -0.2) is 0 Å². The minimum Gasteiger partial charge on any atom is -0.396 e. The molecule has 3 N–H and O–H groups in total. The Kier molecular flexibility index (Phi) is 6.65. The van der Waals surface area contributed by atoms with Crippen LogP contribution in [0.2, 0.25) is 0 Å². The van der Waals surface area contributed by atoms with Crippen LogP contribution in [-0.2, 0) is 4.79 Å². The van der Waals surface area contributed by atoms with Crippen molar-refractivity contribution in [3.05, 3.63) is 0 Å². The van der Waals surface area contributed by atoms with E-state index < -0.39 is 0 Å². The Balaban J connectivity index is 2.52. The molecule has 0 bridgehead atoms. The Morgan fingerprint density at radius 1 is 1.50 bits per heavy atom. The molecule has 0 aromatic carbocycles. The molecule has 4 heteroatoms. The molecule has 0 spiro atoms. The summed E-state index contributed by atoms with van der Waals surface area (Å²) in [5.41, 5.74) is 5.99. The smallest absolute Gasteiger partial charge is 0.225 e. The highest BCUT2D eigenvalue weighted by molar-refractivity contribution is 5.78. The summed E-state index contributed by atoms with van der Waals surface area (Å²) in [5.74, 6) is 0.726. The molecular formula is C14H28N2O2. The van der Waals surface area contributed by atoms with E-state index in [1.165, 1.54) is 0 Å². The normalized spacial score (nSPS) is 25.8. The minimum absolute atomic E-state index is 0.0648. The minimum atomic E-state index is 0.0648. The lowest BCUT2D eigenvalue weighted by atomic mass is 9.78. The fraction of sp³-hybridized carbons (Fsp3) is 0.929. The highest BCUT2D eigenvalue weighted by atomic mass is 16.3. The van der Waals surface area contributed by atoms with E-state index in [0.29, 0.717) is 18.9 Å². The molecule has 0 aromatic rings. The molecule has 1 amide bonds. The largest absolute Gasteiger partial charge is 0.396 e. The summed E-state index contributed by atoms with van der Waals surface area (Å²) in [6.07, 6.45) is 5.00. The zero-order valence-electron chi connectivity index (χ0n) is 11.8. The number of carbonyl (C=O) groups is 1. The highest BCUT2D eigenvalue weighted by Gasteiger charge is 2.30. The maximum atomic E-state index is 12.4. The molecule has 1 fully saturated rings. The molecule has 0 heterocycles. The summed E-state index contributed by atoms with van der Waals surface area (Å²) in [5, 5.41) is 8.86. The SMILES string of the molecule is CCN(CCCO)C(=O)C(C)C1CCCC(N)C1. The van der Waals surface area contributed by atoms with Crippen LogP contribution in [-0.4, -0.2) is 41.7 Å². The van der Waals surface area contributed by atoms with E-state index in [2.05, 4.69) is 0 Å². The van der Waals surface area contributed by atoms with Crippen molar-refractivity contribution in [2.24, 2.45) is 17.6 Å². The first kappa shape index (κ1) is 15.4. The molecule has 1 aliphatic rings. The Labute approximate surface area is 111 Å². The van der Waals surface area contributed by atoms with Gasteiger partial charge in [-0.2, -0.15) is 0 Å². The molecule has 4 nitrogen and oxygen atoms in total. The molecule has 0 aliphatic heterocycles. The summed E-state index contributed by atoms with van der Waals surface area (Å²) in [4.78, 5) is 14.3. The van der Waals surface area contributed by atoms with Crippen molar-refractivity contribution in [1.82, 2.24) is 4.90 Å². The molecule has 18 heavy (non-hydrogen) atoms. The van der Waals surface area contributed by atoms with Crippen LogP contribution in [0.1, 0.15) is 46.0 Å². The first-order valence-corrected chi connectivity index (χ1v) is 7.25. The van der Waals surface area contributed by atoms with Gasteiger partial charge >= 0.3 is 0 Å². The van der Waals surface area contributed by atoms with E-state index in [1.807, 2.05) is 18.7 Å². The summed E-state index contributed by atoms with van der Waals surface area (Å²) in [6.45, 7) is 5.56. The van der Waals surface area contributed by atoms with Crippen molar-refractivity contribution in [3.8, 4) is 0 Å². The number of carbonyl (C=O) groups excluding carboxylic acids is 1. The number of nitrogens with two attached hydrogens (primary N) is 1. The fourth-order valence-electron chi connectivity index (χ4n) is 2.90. The van der Waals surface area contributed by atoms with Crippen molar-refractivity contribution in [3.63, 3.8) is 0 Å². The van der Waals surface area contributed by atoms with E-state index in [0.717, 1.165) is 32.2 Å². The highest BCUT2D eigenvalue weighted by Crippen LogP contribution is 2.30. The number of rotatable bonds is 6. The van der Waals surface area contributed by atoms with Gasteiger partial charge in [-0.1, -0.05) is 13.3 Å². The van der Waals surface area contributed by atoms with Gasteiger partial charge in [0.2, 0.25) is 5.91 Å². The van der Waals surface area contributed by atoms with Gasteiger partial charge in [0.15, 0.2) is 0 Å². The van der Waals surface area contributed by atoms with Gasteiger partial charge in [-0.15, -0.1) is 0 Å². The van der Waals surface area contributed by atoms with Crippen LogP contribution in [0.4, 0.5) is 0 Å². The fourth-order valence-corrected chi connectivity index (χ4v) is 2.90. The third kappa shape index (κ3) is 4.25. The van der Waals surface area contributed by atoms with Crippen LogP contribution in [0.25, 0.3) is 0 Å². The van der Waals surface area contributed by atoms with Gasteiger partial charge in [-0.05, 0) is 38.5 Å². The first-order chi connectivity index (χ1) is 8.60. The maximum Gasteiger partial charge on any atom is 0.225 e. The zero-order valence-corrected chi connectivity index (χ0v) is 11.8. The van der Waals surface area contributed by atoms with E-state index in [1.54, 1.807) is 0 Å². The molecule has 1 saturated carbocycles. The van der Waals surface area contributed by atoms with Crippen LogP contribution in [0.3, 0.4) is 0 Å². The number of nitrogens with zero attached hydrogens (tertiary/aromatic N) is 1. The molecule has 106 valence electrons. The molecule has 0 saturated heterocycles. The summed E-state index contributed by atoms with van der Waals surface area (Å²) in [7, 11) is 0. The van der Waals surface area contributed by atoms with Crippen LogP contribution in [0.5, 0.6) is 0 Å². The lowest BCUT2D eigenvalue weighted by Crippen LogP contribution is -2.41. The van der Waals surface area contributed by atoms with Gasteiger partial charge in [-0.3, -0.25) is 4.79 Å². The first-order valence-electron chi connectivity index (χ1n) is 7.25. The van der Waals surface area contributed by atoms with Gasteiger partial charge in [0.1, 0.15) is 0 Å². The lowest BCUT2D eigenvalue weighted by Gasteiger charge is -2.33. The molecular weight excluding hydrogens is 228 g/mol. The topological polar surface area (TPSA) is 66.6 Å². The number of aliphatic hydroxyl groups excluding tert-OH is 1. The van der Waals surface area contributed by atoms with E-state index in [4.69, 9.17) is 10.8 Å². The standard InChI is InChI=1S/C14H28N2O2/c1-3-16(8-5-9-17)14(18)11(2)12-6-4-7-13(15)10-12/h11-13,17H,3-10,15H2,1-2H3. The lowest BCUT2D eigenvalue weighted by molar-refractivity contribution is -0.137. The quantitative estimate of drug-likeness (QED) is 0.754. The Hall–Kier alpha value is -0.610. The van der Waals surface area contributed by atoms with Crippen LogP contribution in [0, 0.1) is 11.8 Å². The number of hydrogen-bond acceptors (Lipinski definition) is 3. The Morgan fingerprint density at radius 2 is 2.22 bits per heavy atom. The molecule has 1 aliphatic carbocycles. The van der Waals surface area contributed by atoms with Crippen molar-refractivity contribution in [1.29, 1.82) is 0 Å². The molecule has 0 aromatic heterocycles. The van der Waals surface area contributed by atoms with Crippen LogP contribution < -0.4 is 5.73 Å². The summed E-state index contributed by atoms with van der Waals surface area (Å²) < 4.78 is 0. The third-order valence-corrected chi connectivity index (χ3v) is 4.13. The average Bonchev–Trinajstić information content (AvgIpc) is 2.38. The Bertz CT molecular complexity index is 258. The zero-order chi connectivity index (χ0) is 13.5. The molecule has 0 radical (unpaired) electrons. The van der Waals surface area contributed by atoms with E-state index in [9.17, 15) is 4.79 Å². The second-order valence-electron chi connectivity index (χ2n) is 5.47. The molecule has 3 atom stereocenters. The number of amides is 1. The van der Waals surface area contributed by atoms with Gasteiger partial charge in [0.05, 0.1) is 0 Å². The summed E-state index contributed by atoms with van der Waals surface area (Å²) in [6, 6.07) is 0.270. The second kappa shape index (κ2) is 7.74. The van der Waals surface area contributed by atoms with Gasteiger partial charge < -0.3 is 15.7 Å². The molecule has 1 rings (SSSR count). The van der Waals surface area contributed by atoms with E-state index >= 15 is 0 Å². The van der Waals surface area contributed by atoms with Crippen LogP contribution >= 0.6 is 0 Å². The predicted molar refractivity (Wildman–Crippen MR) is 73.1 cm³/mol. The number of hydrogen-bond donors (Lipinski definition) is 2. The number of aliphatic hydroxyl groups is 1. The maximum absolute atomic E-state index is 12.4. The van der Waals surface area contributed by atoms with Crippen molar-refractivity contribution in [2.45, 2.75) is 52.0 Å². The van der Waals surface area contributed by atoms with Gasteiger partial charge in [0.25, 0.3) is 0 Å². The predicted octanol–water partition coefficient (Wildman–Crippen LogP) is 1.37. The van der Waals surface area contributed by atoms with Gasteiger partial charge in [0, 0.05) is 31.7 Å². The second-order valence-corrected chi connectivity index (χ2v) is 5.47. The van der Waals surface area contributed by atoms with Crippen molar-refractivity contribution in [2.75, 3.05) is 19.7 Å². The Morgan fingerprint density at radius 3 is 2.78 bits per heavy atom. The van der Waals surface area contributed by atoms with Crippen molar-refractivity contribution < 1.29 is 9.90 Å². The molecule has 3 unspecified atom stereocenters. The van der Waals surface area contributed by atoms with Crippen molar-refractivity contribution >= 4 is 5.91 Å². The van der Waals surface area contributed by atoms with E-state index in [-0.39, 0.29) is 24.5 Å². The summed E-state index contributed by atoms with van der Waals surface area (Å²) >= 11 is 0. The average molecular weight is 256 g/mol. The third-order valence-electron chi connectivity index (χ3n) is 4.13.